The fourth-order valence-corrected chi connectivity index (χ4v) is 4.65. The predicted molar refractivity (Wildman–Crippen MR) is 127 cm³/mol. The van der Waals surface area contributed by atoms with Crippen LogP contribution in [-0.4, -0.2) is 31.4 Å². The van der Waals surface area contributed by atoms with Crippen molar-refractivity contribution in [1.29, 1.82) is 0 Å². The lowest BCUT2D eigenvalue weighted by Crippen LogP contribution is -2.39. The zero-order chi connectivity index (χ0) is 23.1. The van der Waals surface area contributed by atoms with Gasteiger partial charge in [0.05, 0.1) is 17.7 Å². The topological polar surface area (TPSA) is 78.8 Å². The summed E-state index contributed by atoms with van der Waals surface area (Å²) < 4.78 is 27.7. The largest absolute Gasteiger partial charge is 0.272 e. The van der Waals surface area contributed by atoms with Crippen LogP contribution in [0.1, 0.15) is 22.3 Å². The van der Waals surface area contributed by atoms with E-state index in [4.69, 9.17) is 11.6 Å². The molecule has 0 unspecified atom stereocenters. The third-order valence-electron chi connectivity index (χ3n) is 4.67. The van der Waals surface area contributed by atoms with E-state index in [1.165, 1.54) is 18.3 Å². The number of rotatable bonds is 8. The Labute approximate surface area is 193 Å². The Balaban J connectivity index is 1.80. The zero-order valence-corrected chi connectivity index (χ0v) is 19.4. The van der Waals surface area contributed by atoms with Gasteiger partial charge >= 0.3 is 0 Å². The smallest absolute Gasteiger partial charge is 0.255 e. The summed E-state index contributed by atoms with van der Waals surface area (Å²) in [5, 5.41) is 4.44. The second-order valence-corrected chi connectivity index (χ2v) is 9.80. The average molecular weight is 470 g/mol. The summed E-state index contributed by atoms with van der Waals surface area (Å²) in [5.74, 6) is -0.549. The molecular formula is C24H24ClN3O3S. The van der Waals surface area contributed by atoms with E-state index >= 15 is 0 Å². The SMILES string of the molecule is Cc1ccc(S(=O)(=O)N(CC(=O)NN=Cc2cccc(C)c2)Cc2cccc(Cl)c2)cc1. The zero-order valence-electron chi connectivity index (χ0n) is 17.8. The van der Waals surface area contributed by atoms with Crippen LogP contribution in [0.4, 0.5) is 0 Å². The molecule has 0 radical (unpaired) electrons. The number of nitrogens with zero attached hydrogens (tertiary/aromatic N) is 2. The van der Waals surface area contributed by atoms with E-state index in [1.807, 2.05) is 38.1 Å². The van der Waals surface area contributed by atoms with E-state index in [9.17, 15) is 13.2 Å². The van der Waals surface area contributed by atoms with Crippen molar-refractivity contribution in [1.82, 2.24) is 9.73 Å². The van der Waals surface area contributed by atoms with Gasteiger partial charge in [-0.3, -0.25) is 4.79 Å². The molecule has 3 rings (SSSR count). The van der Waals surface area contributed by atoms with Gasteiger partial charge in [-0.2, -0.15) is 9.41 Å². The number of aryl methyl sites for hydroxylation is 2. The molecule has 0 aliphatic heterocycles. The molecule has 0 bridgehead atoms. The van der Waals surface area contributed by atoms with Gasteiger partial charge < -0.3 is 0 Å². The molecule has 1 N–H and O–H groups in total. The van der Waals surface area contributed by atoms with Gasteiger partial charge in [0.2, 0.25) is 10.0 Å². The molecule has 0 spiro atoms. The highest BCUT2D eigenvalue weighted by Gasteiger charge is 2.27. The summed E-state index contributed by atoms with van der Waals surface area (Å²) >= 11 is 6.05. The monoisotopic (exact) mass is 469 g/mol. The van der Waals surface area contributed by atoms with Crippen LogP contribution < -0.4 is 5.43 Å². The Morgan fingerprint density at radius 2 is 1.72 bits per heavy atom. The van der Waals surface area contributed by atoms with E-state index in [0.29, 0.717) is 10.6 Å². The average Bonchev–Trinajstić information content (AvgIpc) is 2.74. The second-order valence-electron chi connectivity index (χ2n) is 7.42. The van der Waals surface area contributed by atoms with E-state index < -0.39 is 22.5 Å². The number of hydrogen-bond acceptors (Lipinski definition) is 4. The number of sulfonamides is 1. The molecule has 3 aromatic rings. The molecule has 0 aliphatic carbocycles. The number of carbonyl (C=O) groups is 1. The number of halogens is 1. The fourth-order valence-electron chi connectivity index (χ4n) is 3.05. The Kier molecular flexibility index (Phi) is 7.80. The number of hydrogen-bond donors (Lipinski definition) is 1. The van der Waals surface area contributed by atoms with Gasteiger partial charge in [-0.1, -0.05) is 71.3 Å². The van der Waals surface area contributed by atoms with E-state index in [0.717, 1.165) is 21.0 Å². The summed E-state index contributed by atoms with van der Waals surface area (Å²) in [5.41, 5.74) is 5.91. The third kappa shape index (κ3) is 6.50. The second kappa shape index (κ2) is 10.5. The maximum absolute atomic E-state index is 13.3. The molecule has 3 aromatic carbocycles. The van der Waals surface area contributed by atoms with E-state index in [2.05, 4.69) is 10.5 Å². The Bertz CT molecular complexity index is 1230. The van der Waals surface area contributed by atoms with Crippen molar-refractivity contribution in [2.75, 3.05) is 6.54 Å². The highest BCUT2D eigenvalue weighted by Crippen LogP contribution is 2.20. The summed E-state index contributed by atoms with van der Waals surface area (Å²) in [6, 6.07) is 21.0. The van der Waals surface area contributed by atoms with Gasteiger partial charge in [0.25, 0.3) is 5.91 Å². The van der Waals surface area contributed by atoms with Crippen molar-refractivity contribution in [3.05, 3.63) is 100 Å². The summed E-state index contributed by atoms with van der Waals surface area (Å²) in [6.07, 6.45) is 1.51. The minimum Gasteiger partial charge on any atom is -0.272 e. The van der Waals surface area contributed by atoms with Crippen LogP contribution in [0.5, 0.6) is 0 Å². The quantitative estimate of drug-likeness (QED) is 0.394. The predicted octanol–water partition coefficient (Wildman–Crippen LogP) is 4.30. The van der Waals surface area contributed by atoms with Crippen LogP contribution in [0, 0.1) is 13.8 Å². The molecule has 0 aliphatic rings. The van der Waals surface area contributed by atoms with Crippen LogP contribution in [0.15, 0.2) is 82.8 Å². The molecule has 8 heteroatoms. The maximum Gasteiger partial charge on any atom is 0.255 e. The fraction of sp³-hybridized carbons (Fsp3) is 0.167. The lowest BCUT2D eigenvalue weighted by molar-refractivity contribution is -0.121. The molecule has 32 heavy (non-hydrogen) atoms. The lowest BCUT2D eigenvalue weighted by atomic mass is 10.2. The molecule has 6 nitrogen and oxygen atoms in total. The standard InChI is InChI=1S/C24H24ClN3O3S/c1-18-9-11-23(12-10-18)32(30,31)28(16-21-7-4-8-22(25)14-21)17-24(29)27-26-15-20-6-3-5-19(2)13-20/h3-15H,16-17H2,1-2H3,(H,27,29). The molecule has 0 saturated carbocycles. The minimum atomic E-state index is -3.93. The van der Waals surface area contributed by atoms with Gasteiger partial charge in [0.15, 0.2) is 0 Å². The highest BCUT2D eigenvalue weighted by molar-refractivity contribution is 7.89. The highest BCUT2D eigenvalue weighted by atomic mass is 35.5. The minimum absolute atomic E-state index is 0.00815. The van der Waals surface area contributed by atoms with Crippen LogP contribution >= 0.6 is 11.6 Å². The van der Waals surface area contributed by atoms with Crippen LogP contribution in [0.3, 0.4) is 0 Å². The number of carbonyl (C=O) groups excluding carboxylic acids is 1. The van der Waals surface area contributed by atoms with Crippen molar-refractivity contribution in [3.8, 4) is 0 Å². The lowest BCUT2D eigenvalue weighted by Gasteiger charge is -2.21. The van der Waals surface area contributed by atoms with E-state index in [-0.39, 0.29) is 11.4 Å². The first-order valence-corrected chi connectivity index (χ1v) is 11.8. The maximum atomic E-state index is 13.3. The van der Waals surface area contributed by atoms with Crippen LogP contribution in [0.2, 0.25) is 5.02 Å². The number of hydrazone groups is 1. The van der Waals surface area contributed by atoms with Crippen molar-refractivity contribution < 1.29 is 13.2 Å². The molecule has 0 fully saturated rings. The molecule has 0 heterocycles. The molecule has 0 aromatic heterocycles. The molecule has 0 saturated heterocycles. The Morgan fingerprint density at radius 3 is 2.41 bits per heavy atom. The van der Waals surface area contributed by atoms with E-state index in [1.54, 1.807) is 36.4 Å². The van der Waals surface area contributed by atoms with Gasteiger partial charge in [-0.15, -0.1) is 0 Å². The van der Waals surface area contributed by atoms with Gasteiger partial charge in [0, 0.05) is 11.6 Å². The number of benzene rings is 3. The van der Waals surface area contributed by atoms with Gasteiger partial charge in [0.1, 0.15) is 0 Å². The van der Waals surface area contributed by atoms with Crippen LogP contribution in [-0.2, 0) is 21.4 Å². The Morgan fingerprint density at radius 1 is 1.00 bits per heavy atom. The first-order chi connectivity index (χ1) is 15.2. The summed E-state index contributed by atoms with van der Waals surface area (Å²) in [4.78, 5) is 12.7. The Hall–Kier alpha value is -3.00. The first-order valence-electron chi connectivity index (χ1n) is 9.94. The third-order valence-corrected chi connectivity index (χ3v) is 6.71. The van der Waals surface area contributed by atoms with Crippen LogP contribution in [0.25, 0.3) is 0 Å². The summed E-state index contributed by atoms with van der Waals surface area (Å²) in [7, 11) is -3.93. The normalized spacial score (nSPS) is 11.8. The molecule has 0 atom stereocenters. The van der Waals surface area contributed by atoms with Crippen molar-refractivity contribution in [3.63, 3.8) is 0 Å². The number of amides is 1. The molecular weight excluding hydrogens is 446 g/mol. The first kappa shape index (κ1) is 23.7. The summed E-state index contributed by atoms with van der Waals surface area (Å²) in [6.45, 7) is 3.43. The molecule has 166 valence electrons. The van der Waals surface area contributed by atoms with Crippen molar-refractivity contribution in [2.45, 2.75) is 25.3 Å². The van der Waals surface area contributed by atoms with Crippen molar-refractivity contribution in [2.24, 2.45) is 5.10 Å². The number of nitrogens with one attached hydrogen (secondary N) is 1. The van der Waals surface area contributed by atoms with Gasteiger partial charge in [-0.05, 0) is 49.2 Å². The van der Waals surface area contributed by atoms with Crippen molar-refractivity contribution >= 4 is 33.7 Å². The van der Waals surface area contributed by atoms with Gasteiger partial charge in [-0.25, -0.2) is 13.8 Å². The molecule has 1 amide bonds.